The quantitative estimate of drug-likeness (QED) is 0.532. The van der Waals surface area contributed by atoms with Crippen molar-refractivity contribution in [3.8, 4) is 17.1 Å². The van der Waals surface area contributed by atoms with Gasteiger partial charge >= 0.3 is 0 Å². The van der Waals surface area contributed by atoms with Crippen LogP contribution >= 0.6 is 0 Å². The Morgan fingerprint density at radius 1 is 1.00 bits per heavy atom. The second kappa shape index (κ2) is 12.5. The summed E-state index contributed by atoms with van der Waals surface area (Å²) in [5.74, 6) is 3.30. The van der Waals surface area contributed by atoms with Crippen LogP contribution in [0.2, 0.25) is 0 Å². The molecule has 8 nitrogen and oxygen atoms in total. The lowest BCUT2D eigenvalue weighted by atomic mass is 9.94. The first-order chi connectivity index (χ1) is 17.0. The molecule has 0 spiro atoms. The van der Waals surface area contributed by atoms with Crippen molar-refractivity contribution < 1.29 is 14.6 Å². The molecule has 1 aliphatic heterocycles. The number of nitrogens with zero attached hydrogens (tertiary/aromatic N) is 4. The fraction of sp³-hybridized carbons (Fsp3) is 0.630. The highest BCUT2D eigenvalue weighted by molar-refractivity contribution is 5.64. The SMILES string of the molecule is CNCC(O)COc1cccc(-c2nc(N(C)C3CCCCC3)cc(N(C)C3CCOCC3)n2)c1. The highest BCUT2D eigenvalue weighted by atomic mass is 16.5. The van der Waals surface area contributed by atoms with Crippen molar-refractivity contribution in [3.63, 3.8) is 0 Å². The maximum absolute atomic E-state index is 10.0. The maximum Gasteiger partial charge on any atom is 0.163 e. The van der Waals surface area contributed by atoms with Crippen LogP contribution in [0.15, 0.2) is 30.3 Å². The first kappa shape index (κ1) is 25.7. The fourth-order valence-electron chi connectivity index (χ4n) is 5.04. The zero-order valence-corrected chi connectivity index (χ0v) is 21.4. The number of aliphatic hydroxyl groups excluding tert-OH is 1. The summed E-state index contributed by atoms with van der Waals surface area (Å²) in [6.45, 7) is 2.30. The highest BCUT2D eigenvalue weighted by Gasteiger charge is 2.24. The van der Waals surface area contributed by atoms with Gasteiger partial charge in [0.25, 0.3) is 0 Å². The summed E-state index contributed by atoms with van der Waals surface area (Å²) in [6.07, 6.45) is 7.74. The van der Waals surface area contributed by atoms with Gasteiger partial charge in [0.05, 0.1) is 0 Å². The van der Waals surface area contributed by atoms with Gasteiger partial charge in [-0.05, 0) is 44.9 Å². The van der Waals surface area contributed by atoms with E-state index in [-0.39, 0.29) is 6.61 Å². The summed E-state index contributed by atoms with van der Waals surface area (Å²) in [4.78, 5) is 14.7. The van der Waals surface area contributed by atoms with Crippen LogP contribution in [0, 0.1) is 0 Å². The Balaban J connectivity index is 1.63. The van der Waals surface area contributed by atoms with Gasteiger partial charge in [0.15, 0.2) is 5.82 Å². The van der Waals surface area contributed by atoms with Crippen LogP contribution in [0.1, 0.15) is 44.9 Å². The molecule has 2 N–H and O–H groups in total. The van der Waals surface area contributed by atoms with E-state index in [9.17, 15) is 5.11 Å². The second-order valence-electron chi connectivity index (χ2n) is 9.82. The van der Waals surface area contributed by atoms with Gasteiger partial charge in [-0.3, -0.25) is 0 Å². The van der Waals surface area contributed by atoms with Gasteiger partial charge in [0.2, 0.25) is 0 Å². The lowest BCUT2D eigenvalue weighted by molar-refractivity contribution is 0.0853. The molecule has 1 aromatic carbocycles. The summed E-state index contributed by atoms with van der Waals surface area (Å²) in [6, 6.07) is 10.9. The third-order valence-corrected chi connectivity index (χ3v) is 7.26. The third kappa shape index (κ3) is 6.84. The normalized spacial score (nSPS) is 18.3. The van der Waals surface area contributed by atoms with Gasteiger partial charge in [-0.1, -0.05) is 31.4 Å². The van der Waals surface area contributed by atoms with Crippen LogP contribution in [-0.4, -0.2) is 80.8 Å². The van der Waals surface area contributed by atoms with Crippen molar-refractivity contribution in [2.75, 3.05) is 57.3 Å². The van der Waals surface area contributed by atoms with E-state index in [0.29, 0.717) is 30.2 Å². The molecule has 0 bridgehead atoms. The van der Waals surface area contributed by atoms with E-state index in [4.69, 9.17) is 19.4 Å². The monoisotopic (exact) mass is 483 g/mol. The molecule has 0 amide bonds. The molecule has 2 heterocycles. The molecular formula is C27H41N5O3. The number of ether oxygens (including phenoxy) is 2. The molecule has 1 aromatic heterocycles. The van der Waals surface area contributed by atoms with Gasteiger partial charge in [-0.15, -0.1) is 0 Å². The summed E-state index contributed by atoms with van der Waals surface area (Å²) >= 11 is 0. The molecule has 35 heavy (non-hydrogen) atoms. The van der Waals surface area contributed by atoms with Gasteiger partial charge in [-0.2, -0.15) is 0 Å². The lowest BCUT2D eigenvalue weighted by Gasteiger charge is -2.35. The number of nitrogens with one attached hydrogen (secondary N) is 1. The average molecular weight is 484 g/mol. The standard InChI is InChI=1S/C27H41N5O3/c1-28-18-23(33)19-35-24-11-7-8-20(16-24)27-29-25(31(2)21-9-5-4-6-10-21)17-26(30-27)32(3)22-12-14-34-15-13-22/h7-8,11,16-17,21-23,28,33H,4-6,9-10,12-15,18-19H2,1-3H3. The van der Waals surface area contributed by atoms with Crippen LogP contribution in [0.4, 0.5) is 11.6 Å². The number of aliphatic hydroxyl groups is 1. The molecule has 1 saturated heterocycles. The second-order valence-corrected chi connectivity index (χ2v) is 9.82. The first-order valence-corrected chi connectivity index (χ1v) is 13.0. The van der Waals surface area contributed by atoms with E-state index in [1.165, 1.54) is 32.1 Å². The Morgan fingerprint density at radius 3 is 2.31 bits per heavy atom. The van der Waals surface area contributed by atoms with E-state index < -0.39 is 6.10 Å². The molecule has 4 rings (SSSR count). The van der Waals surface area contributed by atoms with Crippen LogP contribution in [0.3, 0.4) is 0 Å². The smallest absolute Gasteiger partial charge is 0.163 e. The zero-order chi connectivity index (χ0) is 24.6. The topological polar surface area (TPSA) is 83.0 Å². The van der Waals surface area contributed by atoms with Crippen LogP contribution in [-0.2, 0) is 4.74 Å². The summed E-state index contributed by atoms with van der Waals surface area (Å²) in [5, 5.41) is 13.0. The summed E-state index contributed by atoms with van der Waals surface area (Å²) in [7, 11) is 6.12. The molecule has 2 aliphatic rings. The van der Waals surface area contributed by atoms with Crippen LogP contribution < -0.4 is 19.9 Å². The minimum atomic E-state index is -0.563. The fourth-order valence-corrected chi connectivity index (χ4v) is 5.04. The zero-order valence-electron chi connectivity index (χ0n) is 21.4. The molecular weight excluding hydrogens is 442 g/mol. The number of hydrogen-bond donors (Lipinski definition) is 2. The van der Waals surface area contributed by atoms with E-state index in [1.54, 1.807) is 0 Å². The van der Waals surface area contributed by atoms with Gasteiger partial charge < -0.3 is 29.7 Å². The maximum atomic E-state index is 10.0. The van der Waals surface area contributed by atoms with Crippen molar-refractivity contribution in [2.45, 2.75) is 63.1 Å². The number of anilines is 2. The number of aromatic nitrogens is 2. The predicted octanol–water partition coefficient (Wildman–Crippen LogP) is 3.49. The van der Waals surface area contributed by atoms with Crippen molar-refractivity contribution in [2.24, 2.45) is 0 Å². The highest BCUT2D eigenvalue weighted by Crippen LogP contribution is 2.31. The summed E-state index contributed by atoms with van der Waals surface area (Å²) in [5.41, 5.74) is 0.908. The Morgan fingerprint density at radius 2 is 1.66 bits per heavy atom. The molecule has 1 atom stereocenters. The number of hydrogen-bond acceptors (Lipinski definition) is 8. The Labute approximate surface area is 209 Å². The first-order valence-electron chi connectivity index (χ1n) is 13.0. The van der Waals surface area contributed by atoms with Crippen molar-refractivity contribution in [1.29, 1.82) is 0 Å². The molecule has 192 valence electrons. The van der Waals surface area contributed by atoms with Gasteiger partial charge in [0, 0.05) is 57.6 Å². The van der Waals surface area contributed by atoms with E-state index in [1.807, 2.05) is 31.3 Å². The Kier molecular flexibility index (Phi) is 9.18. The predicted molar refractivity (Wildman–Crippen MR) is 140 cm³/mol. The minimum Gasteiger partial charge on any atom is -0.491 e. The number of likely N-dealkylation sites (N-methyl/N-ethyl adjacent to an activating group) is 1. The molecule has 0 radical (unpaired) electrons. The third-order valence-electron chi connectivity index (χ3n) is 7.26. The van der Waals surface area contributed by atoms with Crippen molar-refractivity contribution >= 4 is 11.6 Å². The van der Waals surface area contributed by atoms with Gasteiger partial charge in [-0.25, -0.2) is 9.97 Å². The Bertz CT molecular complexity index is 889. The van der Waals surface area contributed by atoms with Crippen LogP contribution in [0.25, 0.3) is 11.4 Å². The Hall–Kier alpha value is -2.42. The molecule has 1 aliphatic carbocycles. The van der Waals surface area contributed by atoms with E-state index in [2.05, 4.69) is 35.3 Å². The molecule has 1 saturated carbocycles. The lowest BCUT2D eigenvalue weighted by Crippen LogP contribution is -2.38. The molecule has 2 aromatic rings. The minimum absolute atomic E-state index is 0.230. The van der Waals surface area contributed by atoms with E-state index in [0.717, 1.165) is 43.3 Å². The molecule has 1 unspecified atom stereocenters. The largest absolute Gasteiger partial charge is 0.491 e. The van der Waals surface area contributed by atoms with Crippen molar-refractivity contribution in [1.82, 2.24) is 15.3 Å². The average Bonchev–Trinajstić information content (AvgIpc) is 2.92. The summed E-state index contributed by atoms with van der Waals surface area (Å²) < 4.78 is 11.4. The van der Waals surface area contributed by atoms with E-state index >= 15 is 0 Å². The number of rotatable bonds is 10. The number of benzene rings is 1. The van der Waals surface area contributed by atoms with Gasteiger partial charge in [0.1, 0.15) is 30.1 Å². The molecule has 8 heteroatoms. The van der Waals surface area contributed by atoms with Crippen molar-refractivity contribution in [3.05, 3.63) is 30.3 Å². The molecule has 2 fully saturated rings. The van der Waals surface area contributed by atoms with Crippen LogP contribution in [0.5, 0.6) is 5.75 Å².